The molecule has 0 aliphatic rings. The third-order valence-corrected chi connectivity index (χ3v) is 2.57. The Hall–Kier alpha value is -1.71. The summed E-state index contributed by atoms with van der Waals surface area (Å²) in [5.41, 5.74) is 4.34. The van der Waals surface area contributed by atoms with E-state index >= 15 is 0 Å². The van der Waals surface area contributed by atoms with Crippen LogP contribution < -0.4 is 16.0 Å². The van der Waals surface area contributed by atoms with Gasteiger partial charge in [-0.05, 0) is 23.8 Å². The second kappa shape index (κ2) is 5.57. The standard InChI is InChI=1S/C13H13ClN2O/c14-11-6-7-13(12(8-11)16-15)17-9-10-4-2-1-3-5-10/h1-8,16H,9,15H2. The van der Waals surface area contributed by atoms with Crippen molar-refractivity contribution in [1.29, 1.82) is 0 Å². The molecule has 0 saturated heterocycles. The summed E-state index contributed by atoms with van der Waals surface area (Å²) in [6, 6.07) is 15.2. The molecule has 0 bridgehead atoms. The van der Waals surface area contributed by atoms with Crippen molar-refractivity contribution in [2.75, 3.05) is 5.43 Å². The SMILES string of the molecule is NNc1cc(Cl)ccc1OCc1ccccc1. The van der Waals surface area contributed by atoms with Crippen LogP contribution in [0.3, 0.4) is 0 Å². The quantitative estimate of drug-likeness (QED) is 0.645. The third kappa shape index (κ3) is 3.12. The Bertz CT molecular complexity index is 488. The van der Waals surface area contributed by atoms with Crippen LogP contribution in [0.5, 0.6) is 5.75 Å². The minimum absolute atomic E-state index is 0.497. The lowest BCUT2D eigenvalue weighted by atomic mass is 10.2. The molecule has 0 spiro atoms. The number of ether oxygens (including phenoxy) is 1. The maximum absolute atomic E-state index is 5.86. The molecule has 0 aromatic heterocycles. The van der Waals surface area contributed by atoms with Gasteiger partial charge >= 0.3 is 0 Å². The van der Waals surface area contributed by atoms with Crippen LogP contribution in [0.4, 0.5) is 5.69 Å². The van der Waals surface area contributed by atoms with Gasteiger partial charge in [-0.25, -0.2) is 0 Å². The Balaban J connectivity index is 2.09. The molecule has 0 aliphatic heterocycles. The van der Waals surface area contributed by atoms with E-state index in [1.165, 1.54) is 0 Å². The van der Waals surface area contributed by atoms with Gasteiger partial charge in [0, 0.05) is 5.02 Å². The molecule has 2 rings (SSSR count). The maximum Gasteiger partial charge on any atom is 0.144 e. The van der Waals surface area contributed by atoms with Gasteiger partial charge in [0.05, 0.1) is 5.69 Å². The van der Waals surface area contributed by atoms with E-state index in [4.69, 9.17) is 22.2 Å². The normalized spacial score (nSPS) is 10.0. The predicted molar refractivity (Wildman–Crippen MR) is 70.0 cm³/mol. The van der Waals surface area contributed by atoms with Crippen LogP contribution in [0.25, 0.3) is 0 Å². The van der Waals surface area contributed by atoms with Gasteiger partial charge in [-0.1, -0.05) is 41.9 Å². The topological polar surface area (TPSA) is 47.3 Å². The molecule has 0 atom stereocenters. The fourth-order valence-corrected chi connectivity index (χ4v) is 1.65. The van der Waals surface area contributed by atoms with Crippen LogP contribution in [0.2, 0.25) is 5.02 Å². The van der Waals surface area contributed by atoms with Gasteiger partial charge in [0.15, 0.2) is 0 Å². The number of benzene rings is 2. The van der Waals surface area contributed by atoms with Crippen LogP contribution in [0.15, 0.2) is 48.5 Å². The molecule has 0 radical (unpaired) electrons. The Kier molecular flexibility index (Phi) is 3.85. The Morgan fingerprint density at radius 2 is 1.88 bits per heavy atom. The summed E-state index contributed by atoms with van der Waals surface area (Å²) in [7, 11) is 0. The number of anilines is 1. The summed E-state index contributed by atoms with van der Waals surface area (Å²) in [5, 5.41) is 0.616. The molecule has 4 heteroatoms. The number of rotatable bonds is 4. The highest BCUT2D eigenvalue weighted by Crippen LogP contribution is 2.27. The van der Waals surface area contributed by atoms with Gasteiger partial charge in [-0.15, -0.1) is 0 Å². The number of nitrogens with two attached hydrogens (primary N) is 1. The zero-order valence-corrected chi connectivity index (χ0v) is 9.95. The largest absolute Gasteiger partial charge is 0.487 e. The highest BCUT2D eigenvalue weighted by molar-refractivity contribution is 6.30. The van der Waals surface area contributed by atoms with Gasteiger partial charge in [0.1, 0.15) is 12.4 Å². The van der Waals surface area contributed by atoms with Gasteiger partial charge < -0.3 is 10.2 Å². The summed E-state index contributed by atoms with van der Waals surface area (Å²) in [6.45, 7) is 0.497. The van der Waals surface area contributed by atoms with E-state index in [2.05, 4.69) is 5.43 Å². The van der Waals surface area contributed by atoms with E-state index in [9.17, 15) is 0 Å². The molecule has 0 saturated carbocycles. The lowest BCUT2D eigenvalue weighted by molar-refractivity contribution is 0.307. The Morgan fingerprint density at radius 1 is 1.12 bits per heavy atom. The van der Waals surface area contributed by atoms with E-state index in [1.807, 2.05) is 30.3 Å². The zero-order valence-electron chi connectivity index (χ0n) is 9.19. The van der Waals surface area contributed by atoms with E-state index in [0.717, 1.165) is 5.56 Å². The summed E-state index contributed by atoms with van der Waals surface area (Å²) >= 11 is 5.86. The molecule has 2 aromatic rings. The third-order valence-electron chi connectivity index (χ3n) is 2.33. The van der Waals surface area contributed by atoms with Crippen molar-refractivity contribution in [2.45, 2.75) is 6.61 Å². The van der Waals surface area contributed by atoms with Gasteiger partial charge in [0.2, 0.25) is 0 Å². The molecule has 0 amide bonds. The average molecular weight is 249 g/mol. The fourth-order valence-electron chi connectivity index (χ4n) is 1.48. The number of nitrogen functional groups attached to an aromatic ring is 1. The maximum atomic E-state index is 5.86. The number of hydrogen-bond donors (Lipinski definition) is 2. The van der Waals surface area contributed by atoms with E-state index in [-0.39, 0.29) is 0 Å². The lowest BCUT2D eigenvalue weighted by Crippen LogP contribution is -2.08. The molecule has 0 aliphatic carbocycles. The highest BCUT2D eigenvalue weighted by Gasteiger charge is 2.03. The monoisotopic (exact) mass is 248 g/mol. The summed E-state index contributed by atoms with van der Waals surface area (Å²) in [4.78, 5) is 0. The molecule has 17 heavy (non-hydrogen) atoms. The van der Waals surface area contributed by atoms with Crippen LogP contribution in [0, 0.1) is 0 Å². The first-order chi connectivity index (χ1) is 8.29. The molecule has 2 aromatic carbocycles. The Labute approximate surface area is 105 Å². The first kappa shape index (κ1) is 11.8. The van der Waals surface area contributed by atoms with Crippen molar-refractivity contribution in [3.63, 3.8) is 0 Å². The smallest absolute Gasteiger partial charge is 0.144 e. The van der Waals surface area contributed by atoms with Crippen LogP contribution in [0.1, 0.15) is 5.56 Å². The second-order valence-electron chi connectivity index (χ2n) is 3.56. The molecule has 0 fully saturated rings. The van der Waals surface area contributed by atoms with Crippen LogP contribution in [-0.2, 0) is 6.61 Å². The summed E-state index contributed by atoms with van der Waals surface area (Å²) in [6.07, 6.45) is 0. The predicted octanol–water partition coefficient (Wildman–Crippen LogP) is 3.20. The van der Waals surface area contributed by atoms with Crippen molar-refractivity contribution in [1.82, 2.24) is 0 Å². The second-order valence-corrected chi connectivity index (χ2v) is 4.00. The molecule has 3 nitrogen and oxygen atoms in total. The number of halogens is 1. The van der Waals surface area contributed by atoms with Crippen molar-refractivity contribution in [2.24, 2.45) is 5.84 Å². The zero-order chi connectivity index (χ0) is 12.1. The summed E-state index contributed by atoms with van der Waals surface area (Å²) in [5.74, 6) is 6.08. The lowest BCUT2D eigenvalue weighted by Gasteiger charge is -2.11. The van der Waals surface area contributed by atoms with Gasteiger partial charge in [-0.3, -0.25) is 5.84 Å². The minimum Gasteiger partial charge on any atom is -0.487 e. The van der Waals surface area contributed by atoms with Crippen LogP contribution in [-0.4, -0.2) is 0 Å². The van der Waals surface area contributed by atoms with Crippen molar-refractivity contribution >= 4 is 17.3 Å². The Morgan fingerprint density at radius 3 is 2.59 bits per heavy atom. The van der Waals surface area contributed by atoms with Gasteiger partial charge in [0.25, 0.3) is 0 Å². The van der Waals surface area contributed by atoms with Gasteiger partial charge in [-0.2, -0.15) is 0 Å². The molecule has 88 valence electrons. The van der Waals surface area contributed by atoms with E-state index in [0.29, 0.717) is 23.1 Å². The van der Waals surface area contributed by atoms with Crippen molar-refractivity contribution in [3.05, 3.63) is 59.1 Å². The van der Waals surface area contributed by atoms with E-state index < -0.39 is 0 Å². The van der Waals surface area contributed by atoms with Crippen LogP contribution >= 0.6 is 11.6 Å². The molecular weight excluding hydrogens is 236 g/mol. The van der Waals surface area contributed by atoms with Crippen molar-refractivity contribution < 1.29 is 4.74 Å². The summed E-state index contributed by atoms with van der Waals surface area (Å²) < 4.78 is 5.67. The molecular formula is C13H13ClN2O. The minimum atomic E-state index is 0.497. The fraction of sp³-hybridized carbons (Fsp3) is 0.0769. The van der Waals surface area contributed by atoms with E-state index in [1.54, 1.807) is 18.2 Å². The molecule has 3 N–H and O–H groups in total. The molecule has 0 heterocycles. The van der Waals surface area contributed by atoms with Crippen molar-refractivity contribution in [3.8, 4) is 5.75 Å². The first-order valence-corrected chi connectivity index (χ1v) is 5.60. The molecule has 0 unspecified atom stereocenters. The number of hydrazine groups is 1. The highest BCUT2D eigenvalue weighted by atomic mass is 35.5. The number of hydrogen-bond acceptors (Lipinski definition) is 3. The first-order valence-electron chi connectivity index (χ1n) is 5.22. The average Bonchev–Trinajstić information content (AvgIpc) is 2.38. The number of nitrogens with one attached hydrogen (secondary N) is 1.